The van der Waals surface area contributed by atoms with Crippen molar-refractivity contribution < 1.29 is 13.9 Å². The summed E-state index contributed by atoms with van der Waals surface area (Å²) in [4.78, 5) is 30.6. The number of hydrogen-bond donors (Lipinski definition) is 1. The van der Waals surface area contributed by atoms with Crippen molar-refractivity contribution in [2.45, 2.75) is 30.4 Å². The average molecular weight is 484 g/mol. The molecule has 4 rings (SSSR count). The predicted molar refractivity (Wildman–Crippen MR) is 129 cm³/mol. The number of fused-ring (bicyclic) bond motifs is 1. The van der Waals surface area contributed by atoms with Gasteiger partial charge in [-0.25, -0.2) is 4.98 Å². The minimum Gasteiger partial charge on any atom is -0.497 e. The smallest absolute Gasteiger partial charge is 0.262 e. The molecular formula is C24H22ClN3O4S. The van der Waals surface area contributed by atoms with Gasteiger partial charge in [-0.1, -0.05) is 35.5 Å². The lowest BCUT2D eigenvalue weighted by Crippen LogP contribution is -2.31. The molecule has 0 aliphatic heterocycles. The molecule has 1 atom stereocenters. The molecule has 0 saturated carbocycles. The van der Waals surface area contributed by atoms with Gasteiger partial charge in [0, 0.05) is 11.6 Å². The van der Waals surface area contributed by atoms with Crippen molar-refractivity contribution in [1.82, 2.24) is 14.9 Å². The number of nitrogens with zero attached hydrogens (tertiary/aromatic N) is 2. The van der Waals surface area contributed by atoms with E-state index >= 15 is 0 Å². The third-order valence-corrected chi connectivity index (χ3v) is 6.38. The zero-order chi connectivity index (χ0) is 23.4. The average Bonchev–Trinajstić information content (AvgIpc) is 3.33. The summed E-state index contributed by atoms with van der Waals surface area (Å²) in [5.41, 5.74) is 1.22. The molecule has 2 heterocycles. The van der Waals surface area contributed by atoms with Crippen LogP contribution in [-0.2, 0) is 17.9 Å². The largest absolute Gasteiger partial charge is 0.497 e. The normalized spacial score (nSPS) is 12.0. The van der Waals surface area contributed by atoms with E-state index in [4.69, 9.17) is 20.8 Å². The summed E-state index contributed by atoms with van der Waals surface area (Å²) in [6.07, 6.45) is 1.55. The molecule has 4 aromatic rings. The molecule has 0 aliphatic carbocycles. The number of nitrogens with one attached hydrogen (secondary N) is 1. The molecule has 0 spiro atoms. The number of ether oxygens (including phenoxy) is 1. The molecule has 170 valence electrons. The van der Waals surface area contributed by atoms with E-state index in [0.29, 0.717) is 33.4 Å². The van der Waals surface area contributed by atoms with Gasteiger partial charge in [0.25, 0.3) is 5.56 Å². The Morgan fingerprint density at radius 2 is 2.03 bits per heavy atom. The van der Waals surface area contributed by atoms with E-state index < -0.39 is 5.25 Å². The minimum absolute atomic E-state index is 0.166. The summed E-state index contributed by atoms with van der Waals surface area (Å²) in [7, 11) is 1.61. The van der Waals surface area contributed by atoms with Crippen molar-refractivity contribution in [3.05, 3.63) is 87.6 Å². The molecule has 0 radical (unpaired) electrons. The van der Waals surface area contributed by atoms with Crippen molar-refractivity contribution in [1.29, 1.82) is 0 Å². The SMILES string of the molecule is COc1ccc(CNC(=O)C(C)Sc2nc3cc(Cl)ccc3c(=O)n2Cc2ccco2)cc1. The fourth-order valence-corrected chi connectivity index (χ4v) is 4.35. The van der Waals surface area contributed by atoms with E-state index in [1.165, 1.54) is 16.3 Å². The summed E-state index contributed by atoms with van der Waals surface area (Å²) in [5.74, 6) is 1.21. The highest BCUT2D eigenvalue weighted by atomic mass is 35.5. The second kappa shape index (κ2) is 10.1. The van der Waals surface area contributed by atoms with Gasteiger partial charge in [-0.15, -0.1) is 0 Å². The lowest BCUT2D eigenvalue weighted by molar-refractivity contribution is -0.120. The Labute approximate surface area is 199 Å². The first kappa shape index (κ1) is 22.9. The molecule has 2 aromatic carbocycles. The Balaban J connectivity index is 1.56. The summed E-state index contributed by atoms with van der Waals surface area (Å²) in [5, 5.41) is 3.79. The maximum absolute atomic E-state index is 13.2. The van der Waals surface area contributed by atoms with Crippen LogP contribution in [0.3, 0.4) is 0 Å². The fraction of sp³-hybridized carbons (Fsp3) is 0.208. The molecule has 9 heteroatoms. The van der Waals surface area contributed by atoms with Crippen LogP contribution in [0.5, 0.6) is 5.75 Å². The number of halogens is 1. The van der Waals surface area contributed by atoms with Gasteiger partial charge in [0.1, 0.15) is 11.5 Å². The topological polar surface area (TPSA) is 86.4 Å². The first-order valence-electron chi connectivity index (χ1n) is 10.2. The lowest BCUT2D eigenvalue weighted by atomic mass is 10.2. The first-order chi connectivity index (χ1) is 15.9. The summed E-state index contributed by atoms with van der Waals surface area (Å²) < 4.78 is 12.1. The van der Waals surface area contributed by atoms with Crippen LogP contribution < -0.4 is 15.6 Å². The molecule has 0 bridgehead atoms. The van der Waals surface area contributed by atoms with Crippen molar-refractivity contribution in [2.24, 2.45) is 0 Å². The Hall–Kier alpha value is -3.23. The molecule has 0 fully saturated rings. The number of hydrogen-bond acceptors (Lipinski definition) is 6. The number of rotatable bonds is 8. The maximum atomic E-state index is 13.2. The molecule has 2 aromatic heterocycles. The van der Waals surface area contributed by atoms with Crippen LogP contribution >= 0.6 is 23.4 Å². The van der Waals surface area contributed by atoms with Crippen molar-refractivity contribution in [2.75, 3.05) is 7.11 Å². The van der Waals surface area contributed by atoms with Gasteiger partial charge in [-0.05, 0) is 55.0 Å². The van der Waals surface area contributed by atoms with Crippen LogP contribution in [0.1, 0.15) is 18.2 Å². The van der Waals surface area contributed by atoms with Gasteiger partial charge in [0.05, 0.1) is 36.1 Å². The van der Waals surface area contributed by atoms with E-state index in [2.05, 4.69) is 10.3 Å². The second-order valence-electron chi connectivity index (χ2n) is 7.35. The van der Waals surface area contributed by atoms with E-state index in [-0.39, 0.29) is 18.0 Å². The number of thioether (sulfide) groups is 1. The van der Waals surface area contributed by atoms with Crippen LogP contribution in [0, 0.1) is 0 Å². The van der Waals surface area contributed by atoms with Crippen LogP contribution in [-0.4, -0.2) is 27.8 Å². The number of furan rings is 1. The summed E-state index contributed by atoms with van der Waals surface area (Å²) >= 11 is 7.32. The quantitative estimate of drug-likeness (QED) is 0.293. The van der Waals surface area contributed by atoms with Gasteiger partial charge >= 0.3 is 0 Å². The predicted octanol–water partition coefficient (Wildman–Crippen LogP) is 4.50. The summed E-state index contributed by atoms with van der Waals surface area (Å²) in [6, 6.07) is 16.0. The monoisotopic (exact) mass is 483 g/mol. The highest BCUT2D eigenvalue weighted by Gasteiger charge is 2.20. The summed E-state index contributed by atoms with van der Waals surface area (Å²) in [6.45, 7) is 2.37. The zero-order valence-corrected chi connectivity index (χ0v) is 19.7. The number of amides is 1. The van der Waals surface area contributed by atoms with Gasteiger partial charge < -0.3 is 14.5 Å². The van der Waals surface area contributed by atoms with Crippen LogP contribution in [0.2, 0.25) is 5.02 Å². The Morgan fingerprint density at radius 1 is 1.24 bits per heavy atom. The van der Waals surface area contributed by atoms with Crippen molar-refractivity contribution >= 4 is 40.2 Å². The van der Waals surface area contributed by atoms with E-state index in [9.17, 15) is 9.59 Å². The highest BCUT2D eigenvalue weighted by Crippen LogP contribution is 2.25. The zero-order valence-electron chi connectivity index (χ0n) is 18.1. The Bertz CT molecular complexity index is 1320. The molecule has 1 N–H and O–H groups in total. The standard InChI is InChI=1S/C24H22ClN3O4S/c1-15(22(29)26-13-16-5-8-18(31-2)9-6-16)33-24-27-21-12-17(25)7-10-20(21)23(30)28(24)14-19-4-3-11-32-19/h3-12,15H,13-14H2,1-2H3,(H,26,29). The number of benzene rings is 2. The maximum Gasteiger partial charge on any atom is 0.262 e. The molecule has 33 heavy (non-hydrogen) atoms. The first-order valence-corrected chi connectivity index (χ1v) is 11.5. The lowest BCUT2D eigenvalue weighted by Gasteiger charge is -2.16. The molecular weight excluding hydrogens is 462 g/mol. The molecule has 0 aliphatic rings. The molecule has 0 saturated heterocycles. The third kappa shape index (κ3) is 5.40. The molecule has 7 nitrogen and oxygen atoms in total. The Kier molecular flexibility index (Phi) is 7.05. The molecule has 1 unspecified atom stereocenters. The van der Waals surface area contributed by atoms with Gasteiger partial charge in [-0.3, -0.25) is 14.2 Å². The van der Waals surface area contributed by atoms with Crippen molar-refractivity contribution in [3.63, 3.8) is 0 Å². The van der Waals surface area contributed by atoms with E-state index in [0.717, 1.165) is 11.3 Å². The van der Waals surface area contributed by atoms with Gasteiger partial charge in [-0.2, -0.15) is 0 Å². The minimum atomic E-state index is -0.491. The number of aromatic nitrogens is 2. The highest BCUT2D eigenvalue weighted by molar-refractivity contribution is 8.00. The molecule has 1 amide bonds. The number of carbonyl (C=O) groups excluding carboxylic acids is 1. The van der Waals surface area contributed by atoms with Gasteiger partial charge in [0.15, 0.2) is 5.16 Å². The second-order valence-corrected chi connectivity index (χ2v) is 9.10. The number of methoxy groups -OCH3 is 1. The van der Waals surface area contributed by atoms with E-state index in [1.807, 2.05) is 24.3 Å². The third-order valence-electron chi connectivity index (χ3n) is 5.05. The van der Waals surface area contributed by atoms with Gasteiger partial charge in [0.2, 0.25) is 5.91 Å². The van der Waals surface area contributed by atoms with Crippen LogP contribution in [0.4, 0.5) is 0 Å². The Morgan fingerprint density at radius 3 is 2.73 bits per heavy atom. The van der Waals surface area contributed by atoms with Crippen LogP contribution in [0.15, 0.2) is 75.2 Å². The number of carbonyl (C=O) groups is 1. The van der Waals surface area contributed by atoms with Crippen LogP contribution in [0.25, 0.3) is 10.9 Å². The fourth-order valence-electron chi connectivity index (χ4n) is 3.25. The van der Waals surface area contributed by atoms with Crippen molar-refractivity contribution in [3.8, 4) is 5.75 Å². The van der Waals surface area contributed by atoms with E-state index in [1.54, 1.807) is 50.6 Å².